The first-order valence-electron chi connectivity index (χ1n) is 16.9. The number of nitro benzene ring substituents is 1. The van der Waals surface area contributed by atoms with Gasteiger partial charge in [0.15, 0.2) is 5.75 Å². The summed E-state index contributed by atoms with van der Waals surface area (Å²) in [5, 5.41) is 12.1. The van der Waals surface area contributed by atoms with Gasteiger partial charge in [0.25, 0.3) is 5.69 Å². The van der Waals surface area contributed by atoms with Crippen LogP contribution in [-0.2, 0) is 12.0 Å². The van der Waals surface area contributed by atoms with E-state index in [1.165, 1.54) is 17.7 Å². The fourth-order valence-electron chi connectivity index (χ4n) is 5.04. The minimum atomic E-state index is -0.450. The molecule has 8 heteroatoms. The monoisotopic (exact) mass is 693 g/mol. The Hall–Kier alpha value is -7.16. The number of pyridine rings is 2. The third kappa shape index (κ3) is 10.2. The lowest BCUT2D eigenvalue weighted by Crippen LogP contribution is -2.11. The fraction of sp³-hybridized carbons (Fsp3) is 0.111. The van der Waals surface area contributed by atoms with E-state index < -0.39 is 4.92 Å². The zero-order valence-corrected chi connectivity index (χ0v) is 29.5. The van der Waals surface area contributed by atoms with Crippen molar-refractivity contribution in [2.75, 3.05) is 0 Å². The van der Waals surface area contributed by atoms with Gasteiger partial charge in [0, 0.05) is 35.7 Å². The van der Waals surface area contributed by atoms with E-state index in [9.17, 15) is 10.1 Å². The molecule has 0 amide bonds. The molecule has 0 N–H and O–H groups in total. The molecule has 0 saturated heterocycles. The molecule has 2 heterocycles. The molecule has 0 radical (unpaired) electrons. The van der Waals surface area contributed by atoms with Gasteiger partial charge in [0.1, 0.15) is 6.61 Å². The number of non-ortho nitro benzene ring substituents is 1. The van der Waals surface area contributed by atoms with Crippen LogP contribution in [0.2, 0.25) is 0 Å². The molecule has 6 aromatic rings. The van der Waals surface area contributed by atoms with Crippen LogP contribution in [0.25, 0.3) is 0 Å². The standard InChI is InChI=1S/C45H35N5O3/c1-45(2,3)38-20-12-35(13-21-38)32-53-44-36(18-10-33-14-22-39(23-15-33)48-30-41-8-4-6-26-46-41)28-43(50(51)52)29-37(44)19-11-34-16-24-40(25-17-34)49-31-42-9-5-7-27-47-42/h4-9,12-17,20-31H,32H2,1-3H3. The van der Waals surface area contributed by atoms with E-state index in [4.69, 9.17) is 4.74 Å². The molecule has 53 heavy (non-hydrogen) atoms. The number of hydrogen-bond donors (Lipinski definition) is 0. The molecule has 4 aromatic carbocycles. The van der Waals surface area contributed by atoms with Gasteiger partial charge in [-0.15, -0.1) is 0 Å². The van der Waals surface area contributed by atoms with Gasteiger partial charge in [-0.2, -0.15) is 0 Å². The zero-order chi connectivity index (χ0) is 37.0. The van der Waals surface area contributed by atoms with Gasteiger partial charge in [-0.3, -0.25) is 30.1 Å². The van der Waals surface area contributed by atoms with Crippen LogP contribution in [0, 0.1) is 33.8 Å². The lowest BCUT2D eigenvalue weighted by atomic mass is 9.87. The smallest absolute Gasteiger partial charge is 0.272 e. The van der Waals surface area contributed by atoms with Crippen molar-refractivity contribution in [3.63, 3.8) is 0 Å². The quantitative estimate of drug-likeness (QED) is 0.0684. The lowest BCUT2D eigenvalue weighted by molar-refractivity contribution is -0.384. The SMILES string of the molecule is CC(C)(C)c1ccc(COc2c(C#Cc3ccc(N=Cc4ccccn4)cc3)cc([N+](=O)[O-])cc2C#Cc2ccc(N=Cc3ccccn3)cc2)cc1. The number of benzene rings is 4. The topological polar surface area (TPSA) is 103 Å². The van der Waals surface area contributed by atoms with Crippen LogP contribution in [0.5, 0.6) is 5.75 Å². The summed E-state index contributed by atoms with van der Waals surface area (Å²) < 4.78 is 6.40. The second kappa shape index (κ2) is 16.7. The van der Waals surface area contributed by atoms with Crippen LogP contribution in [0.4, 0.5) is 17.1 Å². The number of nitro groups is 1. The minimum Gasteiger partial charge on any atom is -0.486 e. The Bertz CT molecular complexity index is 2240. The van der Waals surface area contributed by atoms with Crippen molar-refractivity contribution in [1.82, 2.24) is 9.97 Å². The normalized spacial score (nSPS) is 11.1. The van der Waals surface area contributed by atoms with Gasteiger partial charge >= 0.3 is 0 Å². The second-order valence-corrected chi connectivity index (χ2v) is 13.0. The molecule has 0 aliphatic heterocycles. The molecule has 258 valence electrons. The third-order valence-corrected chi connectivity index (χ3v) is 7.97. The van der Waals surface area contributed by atoms with Crippen molar-refractivity contribution in [3.05, 3.63) is 189 Å². The minimum absolute atomic E-state index is 0.0105. The number of rotatable bonds is 8. The molecule has 2 aromatic heterocycles. The largest absolute Gasteiger partial charge is 0.486 e. The predicted molar refractivity (Wildman–Crippen MR) is 210 cm³/mol. The van der Waals surface area contributed by atoms with Gasteiger partial charge in [-0.1, -0.05) is 80.9 Å². The van der Waals surface area contributed by atoms with E-state index in [0.717, 1.165) is 28.3 Å². The van der Waals surface area contributed by atoms with Crippen molar-refractivity contribution < 1.29 is 9.66 Å². The van der Waals surface area contributed by atoms with Crippen LogP contribution >= 0.6 is 0 Å². The highest BCUT2D eigenvalue weighted by Gasteiger charge is 2.17. The van der Waals surface area contributed by atoms with Crippen LogP contribution in [-0.4, -0.2) is 27.3 Å². The van der Waals surface area contributed by atoms with Gasteiger partial charge in [0.05, 0.1) is 51.2 Å². The predicted octanol–water partition coefficient (Wildman–Crippen LogP) is 9.56. The van der Waals surface area contributed by atoms with Crippen LogP contribution in [0.15, 0.2) is 144 Å². The molecule has 0 spiro atoms. The molecular weight excluding hydrogens is 659 g/mol. The average Bonchev–Trinajstić information content (AvgIpc) is 3.18. The van der Waals surface area contributed by atoms with E-state index in [1.54, 1.807) is 24.8 Å². The molecule has 0 bridgehead atoms. The van der Waals surface area contributed by atoms with E-state index in [1.807, 2.05) is 97.1 Å². The Kier molecular flexibility index (Phi) is 11.2. The molecule has 6 rings (SSSR count). The van der Waals surface area contributed by atoms with E-state index in [-0.39, 0.29) is 17.7 Å². The van der Waals surface area contributed by atoms with Gasteiger partial charge in [-0.05, 0) is 89.3 Å². The van der Waals surface area contributed by atoms with Crippen LogP contribution < -0.4 is 4.74 Å². The van der Waals surface area contributed by atoms with Gasteiger partial charge in [0.2, 0.25) is 0 Å². The summed E-state index contributed by atoms with van der Waals surface area (Å²) >= 11 is 0. The van der Waals surface area contributed by atoms with Crippen LogP contribution in [0.3, 0.4) is 0 Å². The maximum atomic E-state index is 12.1. The summed E-state index contributed by atoms with van der Waals surface area (Å²) in [6, 6.07) is 37.1. The maximum Gasteiger partial charge on any atom is 0.272 e. The highest BCUT2D eigenvalue weighted by Crippen LogP contribution is 2.30. The Morgan fingerprint density at radius 1 is 0.679 bits per heavy atom. The Morgan fingerprint density at radius 2 is 1.17 bits per heavy atom. The van der Waals surface area contributed by atoms with Crippen LogP contribution in [0.1, 0.15) is 65.5 Å². The number of aliphatic imine (C=N–C) groups is 2. The fourth-order valence-corrected chi connectivity index (χ4v) is 5.04. The second-order valence-electron chi connectivity index (χ2n) is 13.0. The van der Waals surface area contributed by atoms with E-state index in [2.05, 4.69) is 76.5 Å². The number of aromatic nitrogens is 2. The molecule has 0 fully saturated rings. The molecule has 8 nitrogen and oxygen atoms in total. The molecular formula is C45H35N5O3. The average molecular weight is 694 g/mol. The number of hydrogen-bond acceptors (Lipinski definition) is 7. The summed E-state index contributed by atoms with van der Waals surface area (Å²) in [6.45, 7) is 6.71. The first-order chi connectivity index (χ1) is 25.7. The van der Waals surface area contributed by atoms with E-state index in [0.29, 0.717) is 28.0 Å². The summed E-state index contributed by atoms with van der Waals surface area (Å²) in [5.74, 6) is 12.9. The summed E-state index contributed by atoms with van der Waals surface area (Å²) in [7, 11) is 0. The Labute approximate surface area is 309 Å². The molecule has 0 unspecified atom stereocenters. The van der Waals surface area contributed by atoms with Crippen molar-refractivity contribution >= 4 is 29.5 Å². The van der Waals surface area contributed by atoms with Crippen molar-refractivity contribution in [3.8, 4) is 29.4 Å². The number of ether oxygens (including phenoxy) is 1. The van der Waals surface area contributed by atoms with E-state index >= 15 is 0 Å². The highest BCUT2D eigenvalue weighted by atomic mass is 16.6. The first-order valence-corrected chi connectivity index (χ1v) is 16.9. The number of nitrogens with zero attached hydrogens (tertiary/aromatic N) is 5. The van der Waals surface area contributed by atoms with Crippen molar-refractivity contribution in [1.29, 1.82) is 0 Å². The van der Waals surface area contributed by atoms with Crippen molar-refractivity contribution in [2.24, 2.45) is 9.98 Å². The summed E-state index contributed by atoms with van der Waals surface area (Å²) in [4.78, 5) is 29.1. The maximum absolute atomic E-state index is 12.1. The Morgan fingerprint density at radius 3 is 1.58 bits per heavy atom. The Balaban J connectivity index is 1.31. The third-order valence-electron chi connectivity index (χ3n) is 7.97. The highest BCUT2D eigenvalue weighted by molar-refractivity contribution is 5.80. The molecule has 0 atom stereocenters. The van der Waals surface area contributed by atoms with Crippen molar-refractivity contribution in [2.45, 2.75) is 32.8 Å². The molecule has 0 aliphatic rings. The summed E-state index contributed by atoms with van der Waals surface area (Å²) in [6.07, 6.45) is 6.81. The zero-order valence-electron chi connectivity index (χ0n) is 29.5. The van der Waals surface area contributed by atoms with Gasteiger partial charge < -0.3 is 4.74 Å². The summed E-state index contributed by atoms with van der Waals surface area (Å²) in [5.41, 5.74) is 7.11. The van der Waals surface area contributed by atoms with Gasteiger partial charge in [-0.25, -0.2) is 0 Å². The molecule has 0 saturated carbocycles. The first kappa shape index (κ1) is 35.7. The lowest BCUT2D eigenvalue weighted by Gasteiger charge is -2.19. The molecule has 0 aliphatic carbocycles.